The van der Waals surface area contributed by atoms with Crippen LogP contribution in [0.1, 0.15) is 58.8 Å². The predicted molar refractivity (Wildman–Crippen MR) is 81.3 cm³/mol. The number of rotatable bonds is 6. The van der Waals surface area contributed by atoms with Crippen LogP contribution in [0.15, 0.2) is 0 Å². The molecule has 112 valence electrons. The molecule has 4 heteroatoms. The molecule has 0 saturated heterocycles. The molecule has 0 radical (unpaired) electrons. The predicted octanol–water partition coefficient (Wildman–Crippen LogP) is 2.87. The molecule has 19 heavy (non-hydrogen) atoms. The maximum atomic E-state index is 12.3. The topological polar surface area (TPSA) is 55.1 Å². The molecule has 2 unspecified atom stereocenters. The third-order valence-corrected chi connectivity index (χ3v) is 4.92. The third-order valence-electron chi connectivity index (χ3n) is 4.92. The average molecular weight is 289 g/mol. The Morgan fingerprint density at radius 2 is 1.89 bits per heavy atom. The summed E-state index contributed by atoms with van der Waals surface area (Å²) in [5, 5.41) is 3.21. The van der Waals surface area contributed by atoms with E-state index in [1.165, 1.54) is 38.5 Å². The summed E-state index contributed by atoms with van der Waals surface area (Å²) in [5.41, 5.74) is 5.68. The van der Waals surface area contributed by atoms with E-state index in [0.717, 1.165) is 12.3 Å². The van der Waals surface area contributed by atoms with Crippen molar-refractivity contribution in [2.24, 2.45) is 23.5 Å². The van der Waals surface area contributed by atoms with Crippen molar-refractivity contribution in [2.45, 2.75) is 64.3 Å². The first-order chi connectivity index (χ1) is 8.55. The molecule has 0 spiro atoms. The van der Waals surface area contributed by atoms with Crippen LogP contribution in [0.3, 0.4) is 0 Å². The lowest BCUT2D eigenvalue weighted by Gasteiger charge is -2.31. The Bertz CT molecular complexity index is 301. The summed E-state index contributed by atoms with van der Waals surface area (Å²) in [5.74, 6) is 1.72. The molecule has 2 aliphatic carbocycles. The van der Waals surface area contributed by atoms with Crippen molar-refractivity contribution in [1.29, 1.82) is 0 Å². The highest BCUT2D eigenvalue weighted by molar-refractivity contribution is 5.85. The van der Waals surface area contributed by atoms with Gasteiger partial charge in [-0.05, 0) is 38.0 Å². The minimum Gasteiger partial charge on any atom is -0.349 e. The zero-order valence-corrected chi connectivity index (χ0v) is 13.1. The standard InChI is InChI=1S/C15H28N2O.ClH/c1-11(9-12-5-3-4-6-12)14(18)17-15(2,10-16)13-7-8-13;/h11-13H,3-10,16H2,1-2H3,(H,17,18);1H. The second kappa shape index (κ2) is 6.94. The SMILES string of the molecule is CC(CC1CCCC1)C(=O)NC(C)(CN)C1CC1.Cl. The number of halogens is 1. The molecule has 0 aromatic carbocycles. The maximum Gasteiger partial charge on any atom is 0.223 e. The molecular formula is C15H29ClN2O. The summed E-state index contributed by atoms with van der Waals surface area (Å²) in [4.78, 5) is 12.3. The molecule has 1 amide bonds. The van der Waals surface area contributed by atoms with Crippen LogP contribution in [0.2, 0.25) is 0 Å². The van der Waals surface area contributed by atoms with Crippen LogP contribution in [0, 0.1) is 17.8 Å². The van der Waals surface area contributed by atoms with E-state index < -0.39 is 0 Å². The molecule has 2 rings (SSSR count). The molecule has 2 saturated carbocycles. The minimum atomic E-state index is -0.166. The molecule has 0 bridgehead atoms. The van der Waals surface area contributed by atoms with Gasteiger partial charge in [-0.3, -0.25) is 4.79 Å². The summed E-state index contributed by atoms with van der Waals surface area (Å²) in [6.07, 6.45) is 8.80. The van der Waals surface area contributed by atoms with E-state index in [1.54, 1.807) is 0 Å². The van der Waals surface area contributed by atoms with Gasteiger partial charge in [-0.25, -0.2) is 0 Å². The molecule has 2 aliphatic rings. The first-order valence-electron chi connectivity index (χ1n) is 7.57. The number of hydrogen-bond donors (Lipinski definition) is 2. The van der Waals surface area contributed by atoms with Crippen molar-refractivity contribution in [3.8, 4) is 0 Å². The van der Waals surface area contributed by atoms with Gasteiger partial charge in [0.2, 0.25) is 5.91 Å². The smallest absolute Gasteiger partial charge is 0.223 e. The van der Waals surface area contributed by atoms with Gasteiger partial charge < -0.3 is 11.1 Å². The number of nitrogens with one attached hydrogen (secondary N) is 1. The molecule has 0 aliphatic heterocycles. The van der Waals surface area contributed by atoms with Crippen LogP contribution in [0.4, 0.5) is 0 Å². The van der Waals surface area contributed by atoms with Crippen LogP contribution in [-0.2, 0) is 4.79 Å². The van der Waals surface area contributed by atoms with Gasteiger partial charge in [-0.2, -0.15) is 0 Å². The summed E-state index contributed by atoms with van der Waals surface area (Å²) in [7, 11) is 0. The number of hydrogen-bond acceptors (Lipinski definition) is 2. The summed E-state index contributed by atoms with van der Waals surface area (Å²) in [6.45, 7) is 4.72. The van der Waals surface area contributed by atoms with E-state index in [1.807, 2.05) is 0 Å². The largest absolute Gasteiger partial charge is 0.349 e. The van der Waals surface area contributed by atoms with E-state index in [2.05, 4.69) is 19.2 Å². The van der Waals surface area contributed by atoms with Crippen molar-refractivity contribution >= 4 is 18.3 Å². The zero-order chi connectivity index (χ0) is 13.2. The third kappa shape index (κ3) is 4.35. The molecular weight excluding hydrogens is 260 g/mol. The fourth-order valence-electron chi connectivity index (χ4n) is 3.30. The van der Waals surface area contributed by atoms with Crippen LogP contribution in [0.25, 0.3) is 0 Å². The van der Waals surface area contributed by atoms with Crippen LogP contribution in [-0.4, -0.2) is 18.0 Å². The molecule has 3 N–H and O–H groups in total. The number of amides is 1. The fraction of sp³-hybridized carbons (Fsp3) is 0.933. The average Bonchev–Trinajstić information content (AvgIpc) is 3.09. The van der Waals surface area contributed by atoms with Crippen molar-refractivity contribution in [3.63, 3.8) is 0 Å². The Morgan fingerprint density at radius 3 is 2.37 bits per heavy atom. The van der Waals surface area contributed by atoms with Crippen LogP contribution in [0.5, 0.6) is 0 Å². The molecule has 3 nitrogen and oxygen atoms in total. The Morgan fingerprint density at radius 1 is 1.32 bits per heavy atom. The zero-order valence-electron chi connectivity index (χ0n) is 12.3. The first kappa shape index (κ1) is 16.8. The van der Waals surface area contributed by atoms with Crippen molar-refractivity contribution < 1.29 is 4.79 Å². The molecule has 0 aromatic heterocycles. The number of carbonyl (C=O) groups is 1. The van der Waals surface area contributed by atoms with Crippen LogP contribution < -0.4 is 11.1 Å². The highest BCUT2D eigenvalue weighted by Gasteiger charge is 2.42. The minimum absolute atomic E-state index is 0. The molecule has 2 atom stereocenters. The van der Waals surface area contributed by atoms with Gasteiger partial charge in [-0.15, -0.1) is 12.4 Å². The summed E-state index contributed by atoms with van der Waals surface area (Å²) < 4.78 is 0. The van der Waals surface area contributed by atoms with Gasteiger partial charge in [0.05, 0.1) is 5.54 Å². The van der Waals surface area contributed by atoms with Gasteiger partial charge in [-0.1, -0.05) is 32.6 Å². The highest BCUT2D eigenvalue weighted by Crippen LogP contribution is 2.39. The lowest BCUT2D eigenvalue weighted by molar-refractivity contribution is -0.127. The van der Waals surface area contributed by atoms with Gasteiger partial charge in [0.25, 0.3) is 0 Å². The fourth-order valence-corrected chi connectivity index (χ4v) is 3.30. The van der Waals surface area contributed by atoms with Crippen LogP contribution >= 0.6 is 12.4 Å². The lowest BCUT2D eigenvalue weighted by Crippen LogP contribution is -2.54. The lowest BCUT2D eigenvalue weighted by atomic mass is 9.91. The highest BCUT2D eigenvalue weighted by atomic mass is 35.5. The quantitative estimate of drug-likeness (QED) is 0.790. The summed E-state index contributed by atoms with van der Waals surface area (Å²) in [6, 6.07) is 0. The van der Waals surface area contributed by atoms with E-state index in [4.69, 9.17) is 5.73 Å². The number of nitrogens with two attached hydrogens (primary N) is 1. The van der Waals surface area contributed by atoms with E-state index >= 15 is 0 Å². The van der Waals surface area contributed by atoms with Gasteiger partial charge >= 0.3 is 0 Å². The Kier molecular flexibility index (Phi) is 6.13. The van der Waals surface area contributed by atoms with E-state index in [-0.39, 0.29) is 29.8 Å². The van der Waals surface area contributed by atoms with Crippen molar-refractivity contribution in [3.05, 3.63) is 0 Å². The van der Waals surface area contributed by atoms with Crippen molar-refractivity contribution in [1.82, 2.24) is 5.32 Å². The van der Waals surface area contributed by atoms with E-state index in [9.17, 15) is 4.79 Å². The van der Waals surface area contributed by atoms with E-state index in [0.29, 0.717) is 12.5 Å². The van der Waals surface area contributed by atoms with Gasteiger partial charge in [0.15, 0.2) is 0 Å². The monoisotopic (exact) mass is 288 g/mol. The maximum absolute atomic E-state index is 12.3. The molecule has 0 heterocycles. The summed E-state index contributed by atoms with van der Waals surface area (Å²) >= 11 is 0. The molecule has 0 aromatic rings. The second-order valence-corrected chi connectivity index (χ2v) is 6.67. The second-order valence-electron chi connectivity index (χ2n) is 6.67. The Labute approximate surface area is 123 Å². The first-order valence-corrected chi connectivity index (χ1v) is 7.57. The van der Waals surface area contributed by atoms with Gasteiger partial charge in [0, 0.05) is 12.5 Å². The Balaban J connectivity index is 0.00000180. The normalized spacial score (nSPS) is 24.4. The van der Waals surface area contributed by atoms with Crippen molar-refractivity contribution in [2.75, 3.05) is 6.54 Å². The Hall–Kier alpha value is -0.280. The molecule has 2 fully saturated rings. The van der Waals surface area contributed by atoms with Gasteiger partial charge in [0.1, 0.15) is 0 Å². The number of carbonyl (C=O) groups excluding carboxylic acids is 1.